The number of rotatable bonds is 7. The molecule has 1 N–H and O–H groups in total. The number of carbonyl (C=O) groups excluding carboxylic acids is 1. The van der Waals surface area contributed by atoms with Crippen LogP contribution in [-0.2, 0) is 24.9 Å². The average Bonchev–Trinajstić information content (AvgIpc) is 3.22. The zero-order valence-corrected chi connectivity index (χ0v) is 18.7. The Bertz CT molecular complexity index is 1490. The predicted octanol–water partition coefficient (Wildman–Crippen LogP) is 1.74. The van der Waals surface area contributed by atoms with Gasteiger partial charge in [-0.1, -0.05) is 12.1 Å². The first-order valence-corrected chi connectivity index (χ1v) is 10.2. The van der Waals surface area contributed by atoms with Crippen molar-refractivity contribution < 1.29 is 18.7 Å². The summed E-state index contributed by atoms with van der Waals surface area (Å²) in [6.07, 6.45) is 1.50. The Morgan fingerprint density at radius 1 is 1.06 bits per heavy atom. The van der Waals surface area contributed by atoms with Crippen LogP contribution in [0, 0.1) is 5.82 Å². The molecule has 2 heterocycles. The van der Waals surface area contributed by atoms with Crippen LogP contribution in [-0.4, -0.2) is 39.0 Å². The summed E-state index contributed by atoms with van der Waals surface area (Å²) >= 11 is 0. The number of carbonyl (C=O) groups is 1. The van der Waals surface area contributed by atoms with Gasteiger partial charge in [0.1, 0.15) is 23.9 Å². The topological polar surface area (TPSA) is 109 Å². The van der Waals surface area contributed by atoms with Gasteiger partial charge in [-0.3, -0.25) is 23.4 Å². The lowest BCUT2D eigenvalue weighted by Crippen LogP contribution is -2.41. The molecule has 0 aliphatic carbocycles. The Kier molecular flexibility index (Phi) is 6.17. The second kappa shape index (κ2) is 9.22. The van der Waals surface area contributed by atoms with Crippen LogP contribution in [0.1, 0.15) is 5.56 Å². The number of hydrogen-bond acceptors (Lipinski definition) is 6. The number of halogens is 1. The number of aryl methyl sites for hydroxylation is 1. The fourth-order valence-corrected chi connectivity index (χ4v) is 3.60. The summed E-state index contributed by atoms with van der Waals surface area (Å²) in [5.74, 6) is -0.0332. The lowest BCUT2D eigenvalue weighted by Gasteiger charge is -2.14. The van der Waals surface area contributed by atoms with Crippen molar-refractivity contribution in [3.05, 3.63) is 80.9 Å². The summed E-state index contributed by atoms with van der Waals surface area (Å²) in [4.78, 5) is 39.2. The molecule has 0 fully saturated rings. The van der Waals surface area contributed by atoms with Gasteiger partial charge >= 0.3 is 5.69 Å². The molecule has 0 atom stereocenters. The van der Waals surface area contributed by atoms with Crippen LogP contribution in [0.15, 0.2) is 58.3 Å². The van der Waals surface area contributed by atoms with E-state index >= 15 is 0 Å². The van der Waals surface area contributed by atoms with Crippen molar-refractivity contribution in [3.8, 4) is 11.5 Å². The highest BCUT2D eigenvalue weighted by Crippen LogP contribution is 2.28. The number of hydrogen-bond donors (Lipinski definition) is 1. The molecule has 2 aromatic carbocycles. The zero-order valence-electron chi connectivity index (χ0n) is 18.7. The maximum absolute atomic E-state index is 13.3. The third-order valence-electron chi connectivity index (χ3n) is 5.25. The van der Waals surface area contributed by atoms with Crippen molar-refractivity contribution in [1.29, 1.82) is 0 Å². The number of ether oxygens (including phenoxy) is 2. The van der Waals surface area contributed by atoms with Crippen molar-refractivity contribution in [2.45, 2.75) is 13.1 Å². The number of anilines is 1. The molecule has 0 radical (unpaired) electrons. The molecular formula is C23H22FN5O5. The fraction of sp³-hybridized carbons (Fsp3) is 0.217. The van der Waals surface area contributed by atoms with E-state index in [0.717, 1.165) is 4.57 Å². The molecule has 0 unspecified atom stereocenters. The maximum Gasteiger partial charge on any atom is 0.332 e. The first-order valence-electron chi connectivity index (χ1n) is 10.2. The van der Waals surface area contributed by atoms with Crippen LogP contribution < -0.4 is 26.0 Å². The van der Waals surface area contributed by atoms with Gasteiger partial charge in [0.05, 0.1) is 32.0 Å². The molecule has 0 saturated heterocycles. The summed E-state index contributed by atoms with van der Waals surface area (Å²) in [5, 5.41) is 6.88. The van der Waals surface area contributed by atoms with Crippen LogP contribution in [0.5, 0.6) is 11.5 Å². The third-order valence-corrected chi connectivity index (χ3v) is 5.25. The van der Waals surface area contributed by atoms with Crippen molar-refractivity contribution in [1.82, 2.24) is 18.9 Å². The van der Waals surface area contributed by atoms with Crippen molar-refractivity contribution in [3.63, 3.8) is 0 Å². The minimum absolute atomic E-state index is 0.0379. The van der Waals surface area contributed by atoms with Gasteiger partial charge < -0.3 is 14.8 Å². The molecule has 4 aromatic rings. The van der Waals surface area contributed by atoms with Crippen molar-refractivity contribution in [2.75, 3.05) is 19.5 Å². The van der Waals surface area contributed by atoms with E-state index < -0.39 is 23.0 Å². The lowest BCUT2D eigenvalue weighted by molar-refractivity contribution is -0.116. The first-order chi connectivity index (χ1) is 16.3. The number of nitrogens with zero attached hydrogens (tertiary/aromatic N) is 4. The highest BCUT2D eigenvalue weighted by molar-refractivity contribution is 5.93. The number of amides is 1. The van der Waals surface area contributed by atoms with Crippen LogP contribution >= 0.6 is 0 Å². The van der Waals surface area contributed by atoms with Gasteiger partial charge in [-0.05, 0) is 29.8 Å². The number of fused-ring (bicyclic) bond motifs is 1. The standard InChI is InChI=1S/C23H22FN5O5/c1-27-12-18-21(26-27)22(31)29(11-14-4-6-15(24)7-5-14)23(32)28(18)13-20(30)25-17-10-16(33-2)8-9-19(17)34-3/h4-10,12H,11,13H2,1-3H3,(H,25,30). The smallest absolute Gasteiger partial charge is 0.332 e. The molecule has 2 aromatic heterocycles. The minimum Gasteiger partial charge on any atom is -0.497 e. The second-order valence-corrected chi connectivity index (χ2v) is 7.54. The summed E-state index contributed by atoms with van der Waals surface area (Å²) in [6, 6.07) is 10.4. The molecule has 0 bridgehead atoms. The Hall–Kier alpha value is -4.41. The summed E-state index contributed by atoms with van der Waals surface area (Å²) in [7, 11) is 4.57. The SMILES string of the molecule is COc1ccc(OC)c(NC(=O)Cn2c(=O)n(Cc3ccc(F)cc3)c(=O)c3nn(C)cc32)c1. The van der Waals surface area contributed by atoms with Crippen LogP contribution in [0.4, 0.5) is 10.1 Å². The van der Waals surface area contributed by atoms with E-state index in [1.165, 1.54) is 53.9 Å². The van der Waals surface area contributed by atoms with E-state index in [1.807, 2.05) is 0 Å². The molecule has 34 heavy (non-hydrogen) atoms. The molecular weight excluding hydrogens is 445 g/mol. The predicted molar refractivity (Wildman–Crippen MR) is 123 cm³/mol. The van der Waals surface area contributed by atoms with Gasteiger partial charge in [0.25, 0.3) is 5.56 Å². The Balaban J connectivity index is 1.73. The Morgan fingerprint density at radius 3 is 2.47 bits per heavy atom. The van der Waals surface area contributed by atoms with Gasteiger partial charge in [-0.2, -0.15) is 5.10 Å². The first kappa shape index (κ1) is 22.8. The van der Waals surface area contributed by atoms with Gasteiger partial charge in [-0.25, -0.2) is 9.18 Å². The molecule has 11 heteroatoms. The molecule has 1 amide bonds. The quantitative estimate of drug-likeness (QED) is 0.444. The van der Waals surface area contributed by atoms with Gasteiger partial charge in [0, 0.05) is 19.3 Å². The molecule has 10 nitrogen and oxygen atoms in total. The largest absolute Gasteiger partial charge is 0.497 e. The van der Waals surface area contributed by atoms with E-state index in [2.05, 4.69) is 10.4 Å². The van der Waals surface area contributed by atoms with Gasteiger partial charge in [-0.15, -0.1) is 0 Å². The number of aromatic nitrogens is 4. The Morgan fingerprint density at radius 2 is 1.79 bits per heavy atom. The summed E-state index contributed by atoms with van der Waals surface area (Å²) in [6.45, 7) is -0.485. The molecule has 0 saturated carbocycles. The molecule has 0 aliphatic rings. The van der Waals surface area contributed by atoms with E-state index in [0.29, 0.717) is 22.7 Å². The number of benzene rings is 2. The molecule has 0 aliphatic heterocycles. The molecule has 4 rings (SSSR count). The Labute approximate surface area is 192 Å². The van der Waals surface area contributed by atoms with Gasteiger partial charge in [0.15, 0.2) is 5.52 Å². The maximum atomic E-state index is 13.3. The van der Waals surface area contributed by atoms with Crippen molar-refractivity contribution in [2.24, 2.45) is 7.05 Å². The highest BCUT2D eigenvalue weighted by Gasteiger charge is 2.19. The van der Waals surface area contributed by atoms with E-state index in [1.54, 1.807) is 25.2 Å². The zero-order chi connectivity index (χ0) is 24.4. The number of methoxy groups -OCH3 is 2. The fourth-order valence-electron chi connectivity index (χ4n) is 3.60. The van der Waals surface area contributed by atoms with Crippen LogP contribution in [0.3, 0.4) is 0 Å². The average molecular weight is 467 g/mol. The van der Waals surface area contributed by atoms with E-state index in [4.69, 9.17) is 9.47 Å². The molecule has 0 spiro atoms. The minimum atomic E-state index is -0.692. The third kappa shape index (κ3) is 4.40. The molecule has 176 valence electrons. The van der Waals surface area contributed by atoms with Crippen molar-refractivity contribution >= 4 is 22.6 Å². The normalized spacial score (nSPS) is 10.9. The highest BCUT2D eigenvalue weighted by atomic mass is 19.1. The number of nitrogens with one attached hydrogen (secondary N) is 1. The van der Waals surface area contributed by atoms with Gasteiger partial charge in [0.2, 0.25) is 5.91 Å². The second-order valence-electron chi connectivity index (χ2n) is 7.54. The summed E-state index contributed by atoms with van der Waals surface area (Å²) in [5.41, 5.74) is -0.120. The van der Waals surface area contributed by atoms with Crippen LogP contribution in [0.2, 0.25) is 0 Å². The monoisotopic (exact) mass is 467 g/mol. The van der Waals surface area contributed by atoms with E-state index in [9.17, 15) is 18.8 Å². The lowest BCUT2D eigenvalue weighted by atomic mass is 10.2. The summed E-state index contributed by atoms with van der Waals surface area (Å²) < 4.78 is 27.3. The van der Waals surface area contributed by atoms with E-state index in [-0.39, 0.29) is 24.1 Å². The van der Waals surface area contributed by atoms with Crippen LogP contribution in [0.25, 0.3) is 11.0 Å².